The minimum atomic E-state index is -0.453. The second-order valence-electron chi connectivity index (χ2n) is 4.09. The standard InChI is InChI=1S/C10H14N2O3S2/c1-5-3-12(10(14)11-9(5)13)8-2-7(17)6(4-16)15-8/h3,6-8,16-17H,2,4H2,1H3,(H,11,13,14)/t6-,7-,8-/m1/s1. The number of aryl methyl sites for hydroxylation is 1. The number of H-pyrrole nitrogens is 1. The molecule has 1 aromatic rings. The topological polar surface area (TPSA) is 64.1 Å². The van der Waals surface area contributed by atoms with Gasteiger partial charge in [-0.3, -0.25) is 14.3 Å². The third-order valence-electron chi connectivity index (χ3n) is 2.84. The molecule has 2 rings (SSSR count). The van der Waals surface area contributed by atoms with Crippen molar-refractivity contribution >= 4 is 25.3 Å². The monoisotopic (exact) mass is 274 g/mol. The Bertz CT molecular complexity index is 525. The SMILES string of the molecule is Cc1cn([C@H]2C[C@@H](S)[C@@H](CS)O2)c(=O)[nH]c1=O. The molecule has 17 heavy (non-hydrogen) atoms. The third-order valence-corrected chi connectivity index (χ3v) is 3.74. The van der Waals surface area contributed by atoms with Crippen LogP contribution >= 0.6 is 25.3 Å². The average Bonchev–Trinajstić information content (AvgIpc) is 2.65. The van der Waals surface area contributed by atoms with Gasteiger partial charge in [-0.15, -0.1) is 0 Å². The van der Waals surface area contributed by atoms with Gasteiger partial charge >= 0.3 is 5.69 Å². The number of thiol groups is 2. The molecule has 1 aliphatic rings. The van der Waals surface area contributed by atoms with Crippen LogP contribution in [0.5, 0.6) is 0 Å². The molecule has 0 aliphatic carbocycles. The van der Waals surface area contributed by atoms with Crippen LogP contribution in [0.2, 0.25) is 0 Å². The molecule has 7 heteroatoms. The van der Waals surface area contributed by atoms with Crippen LogP contribution < -0.4 is 11.2 Å². The first-order valence-electron chi connectivity index (χ1n) is 5.29. The van der Waals surface area contributed by atoms with E-state index in [1.165, 1.54) is 10.8 Å². The summed E-state index contributed by atoms with van der Waals surface area (Å²) in [6.45, 7) is 1.65. The van der Waals surface area contributed by atoms with Crippen molar-refractivity contribution in [1.29, 1.82) is 0 Å². The third kappa shape index (κ3) is 2.46. The molecular formula is C10H14N2O3S2. The molecule has 0 spiro atoms. The van der Waals surface area contributed by atoms with Crippen molar-refractivity contribution in [1.82, 2.24) is 9.55 Å². The highest BCUT2D eigenvalue weighted by Crippen LogP contribution is 2.31. The normalized spacial score (nSPS) is 28.5. The van der Waals surface area contributed by atoms with Gasteiger partial charge in [0.1, 0.15) is 6.23 Å². The summed E-state index contributed by atoms with van der Waals surface area (Å²) in [6.07, 6.45) is 1.69. The van der Waals surface area contributed by atoms with Crippen molar-refractivity contribution in [2.45, 2.75) is 30.9 Å². The Balaban J connectivity index is 2.34. The van der Waals surface area contributed by atoms with Crippen molar-refractivity contribution in [2.24, 2.45) is 0 Å². The molecule has 0 saturated carbocycles. The number of hydrogen-bond donors (Lipinski definition) is 3. The van der Waals surface area contributed by atoms with E-state index in [2.05, 4.69) is 30.2 Å². The summed E-state index contributed by atoms with van der Waals surface area (Å²) in [5.74, 6) is 0.557. The predicted molar refractivity (Wildman–Crippen MR) is 71.2 cm³/mol. The Hall–Kier alpha value is -0.660. The summed E-state index contributed by atoms with van der Waals surface area (Å²) in [6, 6.07) is 0. The van der Waals surface area contributed by atoms with E-state index in [0.717, 1.165) is 0 Å². The number of rotatable bonds is 2. The van der Waals surface area contributed by atoms with E-state index in [-0.39, 0.29) is 23.1 Å². The minimum absolute atomic E-state index is 0.0524. The van der Waals surface area contributed by atoms with Gasteiger partial charge in [0.15, 0.2) is 0 Å². The number of ether oxygens (including phenoxy) is 1. The lowest BCUT2D eigenvalue weighted by molar-refractivity contribution is 0.0107. The van der Waals surface area contributed by atoms with Gasteiger partial charge in [0.2, 0.25) is 0 Å². The molecule has 1 aliphatic heterocycles. The Kier molecular flexibility index (Phi) is 3.70. The molecule has 0 aromatic carbocycles. The summed E-state index contributed by atoms with van der Waals surface area (Å²) >= 11 is 8.57. The van der Waals surface area contributed by atoms with Crippen LogP contribution in [0.1, 0.15) is 18.2 Å². The van der Waals surface area contributed by atoms with Crippen LogP contribution in [-0.4, -0.2) is 26.7 Å². The molecule has 0 bridgehead atoms. The summed E-state index contributed by atoms with van der Waals surface area (Å²) < 4.78 is 7.08. The number of aromatic amines is 1. The van der Waals surface area contributed by atoms with Crippen LogP contribution in [0.25, 0.3) is 0 Å². The zero-order chi connectivity index (χ0) is 12.6. The van der Waals surface area contributed by atoms with E-state index in [4.69, 9.17) is 4.74 Å². The van der Waals surface area contributed by atoms with Gasteiger partial charge in [-0.05, 0) is 6.92 Å². The molecule has 94 valence electrons. The molecule has 2 heterocycles. The maximum atomic E-state index is 11.7. The van der Waals surface area contributed by atoms with Gasteiger partial charge in [-0.2, -0.15) is 25.3 Å². The van der Waals surface area contributed by atoms with Crippen LogP contribution in [0.15, 0.2) is 15.8 Å². The number of hydrogen-bond acceptors (Lipinski definition) is 5. The van der Waals surface area contributed by atoms with Gasteiger partial charge in [-0.25, -0.2) is 4.79 Å². The highest BCUT2D eigenvalue weighted by Gasteiger charge is 2.33. The first-order chi connectivity index (χ1) is 8.02. The van der Waals surface area contributed by atoms with Crippen LogP contribution in [0, 0.1) is 6.92 Å². The van der Waals surface area contributed by atoms with Crippen molar-refractivity contribution in [2.75, 3.05) is 5.75 Å². The summed E-state index contributed by atoms with van der Waals surface area (Å²) in [7, 11) is 0. The van der Waals surface area contributed by atoms with E-state index in [9.17, 15) is 9.59 Å². The number of nitrogens with zero attached hydrogens (tertiary/aromatic N) is 1. The Morgan fingerprint density at radius 2 is 2.29 bits per heavy atom. The average molecular weight is 274 g/mol. The number of aromatic nitrogens is 2. The van der Waals surface area contributed by atoms with Crippen molar-refractivity contribution in [3.8, 4) is 0 Å². The highest BCUT2D eigenvalue weighted by molar-refractivity contribution is 7.81. The smallest absolute Gasteiger partial charge is 0.330 e. The Labute approximate surface area is 109 Å². The molecule has 1 saturated heterocycles. The summed E-state index contributed by atoms with van der Waals surface area (Å²) in [5, 5.41) is 0.0524. The Morgan fingerprint density at radius 1 is 1.59 bits per heavy atom. The minimum Gasteiger partial charge on any atom is -0.353 e. The maximum Gasteiger partial charge on any atom is 0.330 e. The lowest BCUT2D eigenvalue weighted by Crippen LogP contribution is -2.33. The molecule has 1 fully saturated rings. The van der Waals surface area contributed by atoms with Gasteiger partial charge in [0.25, 0.3) is 5.56 Å². The molecule has 0 radical (unpaired) electrons. The number of nitrogens with one attached hydrogen (secondary N) is 1. The summed E-state index contributed by atoms with van der Waals surface area (Å²) in [4.78, 5) is 25.2. The fourth-order valence-electron chi connectivity index (χ4n) is 1.85. The van der Waals surface area contributed by atoms with Crippen LogP contribution in [0.3, 0.4) is 0 Å². The molecule has 1 N–H and O–H groups in total. The molecule has 1 aromatic heterocycles. The lowest BCUT2D eigenvalue weighted by Gasteiger charge is -2.14. The van der Waals surface area contributed by atoms with Gasteiger partial charge in [-0.1, -0.05) is 0 Å². The molecule has 5 nitrogen and oxygen atoms in total. The highest BCUT2D eigenvalue weighted by atomic mass is 32.1. The van der Waals surface area contributed by atoms with Crippen LogP contribution in [-0.2, 0) is 4.74 Å². The van der Waals surface area contributed by atoms with Gasteiger partial charge in [0.05, 0.1) is 6.10 Å². The van der Waals surface area contributed by atoms with E-state index in [0.29, 0.717) is 17.7 Å². The van der Waals surface area contributed by atoms with Crippen molar-refractivity contribution < 1.29 is 4.74 Å². The lowest BCUT2D eigenvalue weighted by atomic mass is 10.2. The fraction of sp³-hybridized carbons (Fsp3) is 0.600. The summed E-state index contributed by atoms with van der Waals surface area (Å²) in [5.41, 5.74) is -0.332. The second-order valence-corrected chi connectivity index (χ2v) is 5.12. The Morgan fingerprint density at radius 3 is 2.88 bits per heavy atom. The van der Waals surface area contributed by atoms with E-state index >= 15 is 0 Å². The van der Waals surface area contributed by atoms with E-state index in [1.807, 2.05) is 0 Å². The molecule has 0 unspecified atom stereocenters. The van der Waals surface area contributed by atoms with Crippen LogP contribution in [0.4, 0.5) is 0 Å². The second kappa shape index (κ2) is 4.91. The largest absolute Gasteiger partial charge is 0.353 e. The fourth-order valence-corrected chi connectivity index (χ4v) is 2.71. The predicted octanol–water partition coefficient (Wildman–Crippen LogP) is 0.361. The van der Waals surface area contributed by atoms with Crippen molar-refractivity contribution in [3.63, 3.8) is 0 Å². The van der Waals surface area contributed by atoms with Crippen molar-refractivity contribution in [3.05, 3.63) is 32.6 Å². The first kappa shape index (κ1) is 12.8. The zero-order valence-electron chi connectivity index (χ0n) is 9.29. The van der Waals surface area contributed by atoms with Gasteiger partial charge in [0, 0.05) is 29.2 Å². The van der Waals surface area contributed by atoms with Gasteiger partial charge < -0.3 is 4.74 Å². The molecule has 0 amide bonds. The quantitative estimate of drug-likeness (QED) is 0.682. The molecule has 3 atom stereocenters. The first-order valence-corrected chi connectivity index (χ1v) is 6.44. The van der Waals surface area contributed by atoms with E-state index in [1.54, 1.807) is 6.92 Å². The zero-order valence-corrected chi connectivity index (χ0v) is 11.1. The molecular weight excluding hydrogens is 260 g/mol. The van der Waals surface area contributed by atoms with E-state index < -0.39 is 5.69 Å². The maximum absolute atomic E-state index is 11.7.